The second-order valence-electron chi connectivity index (χ2n) is 3.73. The summed E-state index contributed by atoms with van der Waals surface area (Å²) in [5.41, 5.74) is 0.667. The second-order valence-corrected chi connectivity index (χ2v) is 3.73. The van der Waals surface area contributed by atoms with Crippen molar-refractivity contribution in [1.82, 2.24) is 4.90 Å². The number of nitrogens with zero attached hydrogens (tertiary/aromatic N) is 1. The largest absolute Gasteiger partial charge is 0.343 e. The van der Waals surface area contributed by atoms with Gasteiger partial charge in [-0.1, -0.05) is 6.58 Å². The van der Waals surface area contributed by atoms with Gasteiger partial charge in [0.25, 0.3) is 0 Å². The van der Waals surface area contributed by atoms with Crippen LogP contribution in [0.5, 0.6) is 0 Å². The summed E-state index contributed by atoms with van der Waals surface area (Å²) >= 11 is 0. The molecule has 0 aliphatic carbocycles. The topological polar surface area (TPSA) is 49.8 Å². The second kappa shape index (κ2) is 5.12. The molecule has 0 aromatic heterocycles. The summed E-state index contributed by atoms with van der Waals surface area (Å²) in [5.74, 6) is 0.0320. The van der Waals surface area contributed by atoms with Crippen LogP contribution in [0.25, 0.3) is 0 Å². The van der Waals surface area contributed by atoms with E-state index in [2.05, 4.69) is 11.5 Å². The van der Waals surface area contributed by atoms with E-state index in [4.69, 9.17) is 5.26 Å². The molecule has 1 aliphatic rings. The van der Waals surface area contributed by atoms with Crippen molar-refractivity contribution in [3.8, 4) is 0 Å². The van der Waals surface area contributed by atoms with Crippen LogP contribution in [0.15, 0.2) is 12.2 Å². The zero-order valence-electron chi connectivity index (χ0n) is 8.53. The van der Waals surface area contributed by atoms with E-state index in [-0.39, 0.29) is 12.3 Å². The summed E-state index contributed by atoms with van der Waals surface area (Å²) in [6.07, 6.45) is 1.77. The average Bonchev–Trinajstić information content (AvgIpc) is 2.65. The summed E-state index contributed by atoms with van der Waals surface area (Å²) in [6, 6.07) is 0. The minimum absolute atomic E-state index is 0.0320. The van der Waals surface area contributed by atoms with Crippen molar-refractivity contribution in [2.45, 2.75) is 32.3 Å². The van der Waals surface area contributed by atoms with Gasteiger partial charge in [-0.25, -0.2) is 4.89 Å². The van der Waals surface area contributed by atoms with Gasteiger partial charge in [0.1, 0.15) is 6.10 Å². The SMILES string of the molecule is C=C(C)C(CC(=O)N1CCCC1)OO. The molecule has 0 bridgehead atoms. The lowest BCUT2D eigenvalue weighted by Gasteiger charge is -2.18. The lowest BCUT2D eigenvalue weighted by Crippen LogP contribution is -2.31. The Morgan fingerprint density at radius 1 is 1.57 bits per heavy atom. The van der Waals surface area contributed by atoms with Crippen molar-refractivity contribution < 1.29 is 14.9 Å². The van der Waals surface area contributed by atoms with E-state index in [1.807, 2.05) is 0 Å². The first-order valence-corrected chi connectivity index (χ1v) is 4.88. The number of amides is 1. The van der Waals surface area contributed by atoms with E-state index in [1.54, 1.807) is 11.8 Å². The molecule has 1 saturated heterocycles. The van der Waals surface area contributed by atoms with Gasteiger partial charge in [-0.15, -0.1) is 0 Å². The average molecular weight is 199 g/mol. The summed E-state index contributed by atoms with van der Waals surface area (Å²) < 4.78 is 0. The van der Waals surface area contributed by atoms with Crippen LogP contribution in [-0.2, 0) is 9.68 Å². The number of likely N-dealkylation sites (tertiary alicyclic amines) is 1. The first-order valence-electron chi connectivity index (χ1n) is 4.88. The number of carbonyl (C=O) groups is 1. The van der Waals surface area contributed by atoms with E-state index >= 15 is 0 Å². The van der Waals surface area contributed by atoms with Crippen LogP contribution in [0.1, 0.15) is 26.2 Å². The summed E-state index contributed by atoms with van der Waals surface area (Å²) in [6.45, 7) is 7.04. The van der Waals surface area contributed by atoms with Gasteiger partial charge >= 0.3 is 0 Å². The molecule has 1 heterocycles. The normalized spacial score (nSPS) is 18.3. The summed E-state index contributed by atoms with van der Waals surface area (Å²) in [4.78, 5) is 17.6. The van der Waals surface area contributed by atoms with E-state index < -0.39 is 6.10 Å². The van der Waals surface area contributed by atoms with Crippen molar-refractivity contribution in [1.29, 1.82) is 0 Å². The third-order valence-electron chi connectivity index (χ3n) is 2.50. The third kappa shape index (κ3) is 2.82. The molecule has 1 amide bonds. The van der Waals surface area contributed by atoms with Crippen LogP contribution in [0.4, 0.5) is 0 Å². The Morgan fingerprint density at radius 2 is 2.14 bits per heavy atom. The Hall–Kier alpha value is -0.870. The highest BCUT2D eigenvalue weighted by molar-refractivity contribution is 5.77. The number of carbonyl (C=O) groups excluding carboxylic acids is 1. The summed E-state index contributed by atoms with van der Waals surface area (Å²) in [7, 11) is 0. The molecule has 0 aromatic carbocycles. The predicted octanol–water partition coefficient (Wildman–Crippen LogP) is 1.43. The van der Waals surface area contributed by atoms with Gasteiger partial charge in [-0.2, -0.15) is 0 Å². The maximum Gasteiger partial charge on any atom is 0.225 e. The van der Waals surface area contributed by atoms with Crippen LogP contribution in [0, 0.1) is 0 Å². The highest BCUT2D eigenvalue weighted by Gasteiger charge is 2.22. The Bertz CT molecular complexity index is 221. The lowest BCUT2D eigenvalue weighted by molar-refractivity contribution is -0.268. The van der Waals surface area contributed by atoms with Gasteiger partial charge in [0, 0.05) is 13.1 Å². The van der Waals surface area contributed by atoms with Gasteiger partial charge in [0.05, 0.1) is 6.42 Å². The minimum atomic E-state index is -0.567. The first-order chi connectivity index (χ1) is 6.65. The molecule has 1 rings (SSSR count). The highest BCUT2D eigenvalue weighted by Crippen LogP contribution is 2.13. The molecule has 1 unspecified atom stereocenters. The maximum atomic E-state index is 11.6. The van der Waals surface area contributed by atoms with Gasteiger partial charge in [-0.3, -0.25) is 10.1 Å². The molecule has 0 spiro atoms. The Balaban J connectivity index is 2.41. The molecule has 1 fully saturated rings. The molecule has 1 N–H and O–H groups in total. The van der Waals surface area contributed by atoms with Crippen LogP contribution in [0.3, 0.4) is 0 Å². The molecule has 4 heteroatoms. The van der Waals surface area contributed by atoms with E-state index in [0.717, 1.165) is 25.9 Å². The molecule has 14 heavy (non-hydrogen) atoms. The molecular formula is C10H17NO3. The molecule has 0 saturated carbocycles. The fourth-order valence-corrected chi connectivity index (χ4v) is 1.56. The monoisotopic (exact) mass is 199 g/mol. The lowest BCUT2D eigenvalue weighted by atomic mass is 10.1. The highest BCUT2D eigenvalue weighted by atomic mass is 17.1. The molecular weight excluding hydrogens is 182 g/mol. The Kier molecular flexibility index (Phi) is 4.10. The van der Waals surface area contributed by atoms with E-state index in [0.29, 0.717) is 5.57 Å². The van der Waals surface area contributed by atoms with Crippen molar-refractivity contribution in [2.75, 3.05) is 13.1 Å². The Morgan fingerprint density at radius 3 is 2.57 bits per heavy atom. The van der Waals surface area contributed by atoms with E-state index in [9.17, 15) is 4.79 Å². The van der Waals surface area contributed by atoms with Gasteiger partial charge in [0.15, 0.2) is 0 Å². The molecule has 0 radical (unpaired) electrons. The minimum Gasteiger partial charge on any atom is -0.343 e. The van der Waals surface area contributed by atoms with E-state index in [1.165, 1.54) is 0 Å². The van der Waals surface area contributed by atoms with Crippen molar-refractivity contribution >= 4 is 5.91 Å². The van der Waals surface area contributed by atoms with Gasteiger partial charge in [0.2, 0.25) is 5.91 Å². The van der Waals surface area contributed by atoms with Crippen LogP contribution in [0.2, 0.25) is 0 Å². The molecule has 1 atom stereocenters. The fourth-order valence-electron chi connectivity index (χ4n) is 1.56. The quantitative estimate of drug-likeness (QED) is 0.423. The predicted molar refractivity (Wildman–Crippen MR) is 52.7 cm³/mol. The molecule has 80 valence electrons. The fraction of sp³-hybridized carbons (Fsp3) is 0.700. The van der Waals surface area contributed by atoms with Crippen molar-refractivity contribution in [2.24, 2.45) is 0 Å². The molecule has 0 aromatic rings. The van der Waals surface area contributed by atoms with Crippen LogP contribution in [-0.4, -0.2) is 35.3 Å². The van der Waals surface area contributed by atoms with Gasteiger partial charge < -0.3 is 4.90 Å². The number of rotatable bonds is 4. The maximum absolute atomic E-state index is 11.6. The third-order valence-corrected chi connectivity index (χ3v) is 2.50. The zero-order valence-corrected chi connectivity index (χ0v) is 8.53. The summed E-state index contributed by atoms with van der Waals surface area (Å²) in [5, 5.41) is 8.56. The zero-order chi connectivity index (χ0) is 10.6. The van der Waals surface area contributed by atoms with Crippen LogP contribution >= 0.6 is 0 Å². The Labute approximate surface area is 84.1 Å². The van der Waals surface area contributed by atoms with Crippen molar-refractivity contribution in [3.63, 3.8) is 0 Å². The first kappa shape index (κ1) is 11.2. The smallest absolute Gasteiger partial charge is 0.225 e. The van der Waals surface area contributed by atoms with Crippen molar-refractivity contribution in [3.05, 3.63) is 12.2 Å². The number of hydrogen-bond acceptors (Lipinski definition) is 3. The van der Waals surface area contributed by atoms with Gasteiger partial charge in [-0.05, 0) is 25.3 Å². The van der Waals surface area contributed by atoms with Crippen LogP contribution < -0.4 is 0 Å². The molecule has 4 nitrogen and oxygen atoms in total. The molecule has 1 aliphatic heterocycles. The standard InChI is InChI=1S/C10H17NO3/c1-8(2)9(14-13)7-10(12)11-5-3-4-6-11/h9,13H,1,3-7H2,2H3. The number of hydrogen-bond donors (Lipinski definition) is 1.